The van der Waals surface area contributed by atoms with Crippen LogP contribution in [0.4, 0.5) is 0 Å². The Bertz CT molecular complexity index is 110. The van der Waals surface area contributed by atoms with Crippen molar-refractivity contribution in [3.05, 3.63) is 12.0 Å². The van der Waals surface area contributed by atoms with Crippen molar-refractivity contribution in [1.29, 1.82) is 0 Å². The van der Waals surface area contributed by atoms with E-state index in [1.807, 2.05) is 20.8 Å². The number of hydrogen-bond acceptors (Lipinski definition) is 2. The van der Waals surface area contributed by atoms with Crippen LogP contribution in [-0.2, 0) is 4.74 Å². The van der Waals surface area contributed by atoms with Crippen LogP contribution >= 0.6 is 0 Å². The summed E-state index contributed by atoms with van der Waals surface area (Å²) in [7, 11) is 2.06. The van der Waals surface area contributed by atoms with Crippen molar-refractivity contribution in [1.82, 2.24) is 4.90 Å². The molecule has 0 saturated carbocycles. The summed E-state index contributed by atoms with van der Waals surface area (Å²) in [4.78, 5) is 2.17. The minimum Gasteiger partial charge on any atom is -0.498 e. The molecule has 0 atom stereocenters. The third-order valence-corrected chi connectivity index (χ3v) is 1.40. The van der Waals surface area contributed by atoms with Gasteiger partial charge in [0.25, 0.3) is 0 Å². The first-order valence-corrected chi connectivity index (χ1v) is 3.80. The Morgan fingerprint density at radius 1 is 1.50 bits per heavy atom. The van der Waals surface area contributed by atoms with Gasteiger partial charge in [0.1, 0.15) is 12.9 Å². The van der Waals surface area contributed by atoms with Gasteiger partial charge in [0.2, 0.25) is 0 Å². The van der Waals surface area contributed by atoms with Gasteiger partial charge in [-0.15, -0.1) is 0 Å². The fourth-order valence-electron chi connectivity index (χ4n) is 0.635. The largest absolute Gasteiger partial charge is 0.498 e. The van der Waals surface area contributed by atoms with Crippen LogP contribution in [0.5, 0.6) is 0 Å². The third-order valence-electron chi connectivity index (χ3n) is 1.40. The second-order valence-electron chi connectivity index (χ2n) is 2.05. The van der Waals surface area contributed by atoms with E-state index in [2.05, 4.69) is 11.9 Å². The SMILES string of the molecule is CC.CC1=COCCN1C. The molecule has 0 N–H and O–H groups in total. The fraction of sp³-hybridized carbons (Fsp3) is 0.750. The molecular weight excluding hydrogens is 126 g/mol. The Morgan fingerprint density at radius 3 is 2.40 bits per heavy atom. The van der Waals surface area contributed by atoms with Crippen LogP contribution in [-0.4, -0.2) is 25.1 Å². The number of nitrogens with zero attached hydrogens (tertiary/aromatic N) is 1. The Hall–Kier alpha value is -0.660. The zero-order valence-corrected chi connectivity index (χ0v) is 7.35. The molecule has 0 saturated heterocycles. The maximum atomic E-state index is 5.05. The van der Waals surface area contributed by atoms with Gasteiger partial charge < -0.3 is 9.64 Å². The molecule has 1 heterocycles. The highest BCUT2D eigenvalue weighted by molar-refractivity contribution is 4.93. The van der Waals surface area contributed by atoms with Gasteiger partial charge in [-0.25, -0.2) is 0 Å². The predicted octanol–water partition coefficient (Wildman–Crippen LogP) is 1.84. The first-order chi connectivity index (χ1) is 4.80. The standard InChI is InChI=1S/C6H11NO.C2H6/c1-6-5-8-4-3-7(6)2;1-2/h5H,3-4H2,1-2H3;1-2H3. The van der Waals surface area contributed by atoms with Gasteiger partial charge in [-0.1, -0.05) is 13.8 Å². The molecule has 1 aliphatic rings. The van der Waals surface area contributed by atoms with Crippen molar-refractivity contribution >= 4 is 0 Å². The van der Waals surface area contributed by atoms with E-state index in [9.17, 15) is 0 Å². The van der Waals surface area contributed by atoms with Crippen molar-refractivity contribution in [2.45, 2.75) is 20.8 Å². The molecular formula is C8H17NO. The lowest BCUT2D eigenvalue weighted by Crippen LogP contribution is -2.24. The summed E-state index contributed by atoms with van der Waals surface area (Å²) in [5.41, 5.74) is 1.20. The summed E-state index contributed by atoms with van der Waals surface area (Å²) in [6, 6.07) is 0. The zero-order chi connectivity index (χ0) is 7.98. The highest BCUT2D eigenvalue weighted by Crippen LogP contribution is 2.03. The van der Waals surface area contributed by atoms with Crippen LogP contribution < -0.4 is 0 Å². The third kappa shape index (κ3) is 2.76. The lowest BCUT2D eigenvalue weighted by Gasteiger charge is -2.23. The number of likely N-dealkylation sites (N-methyl/N-ethyl adjacent to an activating group) is 1. The van der Waals surface area contributed by atoms with Gasteiger partial charge in [-0.05, 0) is 6.92 Å². The van der Waals surface area contributed by atoms with Gasteiger partial charge in [0.15, 0.2) is 0 Å². The summed E-state index contributed by atoms with van der Waals surface area (Å²) in [5.74, 6) is 0. The highest BCUT2D eigenvalue weighted by atomic mass is 16.5. The van der Waals surface area contributed by atoms with Crippen molar-refractivity contribution in [2.24, 2.45) is 0 Å². The topological polar surface area (TPSA) is 12.5 Å². The molecule has 2 heteroatoms. The van der Waals surface area contributed by atoms with Gasteiger partial charge in [-0.3, -0.25) is 0 Å². The Labute approximate surface area is 63.5 Å². The first kappa shape index (κ1) is 9.34. The smallest absolute Gasteiger partial charge is 0.105 e. The number of ether oxygens (including phenoxy) is 1. The minimum absolute atomic E-state index is 0.827. The Kier molecular flexibility index (Phi) is 4.81. The summed E-state index contributed by atoms with van der Waals surface area (Å²) >= 11 is 0. The summed E-state index contributed by atoms with van der Waals surface area (Å²) in [6.45, 7) is 7.88. The number of hydrogen-bond donors (Lipinski definition) is 0. The van der Waals surface area contributed by atoms with Crippen LogP contribution in [0.15, 0.2) is 12.0 Å². The Morgan fingerprint density at radius 2 is 2.10 bits per heavy atom. The van der Waals surface area contributed by atoms with Crippen LogP contribution in [0.2, 0.25) is 0 Å². The summed E-state index contributed by atoms with van der Waals surface area (Å²) in [6.07, 6.45) is 1.80. The van der Waals surface area contributed by atoms with E-state index in [0.29, 0.717) is 0 Å². The quantitative estimate of drug-likeness (QED) is 0.513. The average Bonchev–Trinajstić information content (AvgIpc) is 2.00. The molecule has 0 spiro atoms. The highest BCUT2D eigenvalue weighted by Gasteiger charge is 2.02. The van der Waals surface area contributed by atoms with Gasteiger partial charge in [0, 0.05) is 12.7 Å². The molecule has 0 unspecified atom stereocenters. The molecule has 1 aliphatic heterocycles. The normalized spacial score (nSPS) is 16.4. The van der Waals surface area contributed by atoms with E-state index in [1.165, 1.54) is 5.70 Å². The second kappa shape index (κ2) is 5.15. The van der Waals surface area contributed by atoms with Crippen LogP contribution in [0.1, 0.15) is 20.8 Å². The lowest BCUT2D eigenvalue weighted by atomic mass is 10.4. The molecule has 0 aliphatic carbocycles. The van der Waals surface area contributed by atoms with Crippen molar-refractivity contribution in [2.75, 3.05) is 20.2 Å². The molecule has 60 valence electrons. The number of rotatable bonds is 0. The van der Waals surface area contributed by atoms with E-state index in [1.54, 1.807) is 6.26 Å². The lowest BCUT2D eigenvalue weighted by molar-refractivity contribution is 0.174. The molecule has 10 heavy (non-hydrogen) atoms. The first-order valence-electron chi connectivity index (χ1n) is 3.80. The van der Waals surface area contributed by atoms with Gasteiger partial charge in [0.05, 0.1) is 6.54 Å². The molecule has 0 amide bonds. The molecule has 1 rings (SSSR count). The van der Waals surface area contributed by atoms with Crippen LogP contribution in [0, 0.1) is 0 Å². The van der Waals surface area contributed by atoms with E-state index in [4.69, 9.17) is 4.74 Å². The maximum Gasteiger partial charge on any atom is 0.105 e. The Balaban J connectivity index is 0.000000371. The molecule has 2 nitrogen and oxygen atoms in total. The van der Waals surface area contributed by atoms with Crippen molar-refractivity contribution < 1.29 is 4.74 Å². The van der Waals surface area contributed by atoms with E-state index >= 15 is 0 Å². The molecule has 0 radical (unpaired) electrons. The zero-order valence-electron chi connectivity index (χ0n) is 7.35. The number of allylic oxidation sites excluding steroid dienone is 1. The second-order valence-corrected chi connectivity index (χ2v) is 2.05. The maximum absolute atomic E-state index is 5.05. The van der Waals surface area contributed by atoms with Crippen molar-refractivity contribution in [3.63, 3.8) is 0 Å². The van der Waals surface area contributed by atoms with Gasteiger partial charge >= 0.3 is 0 Å². The van der Waals surface area contributed by atoms with E-state index < -0.39 is 0 Å². The van der Waals surface area contributed by atoms with E-state index in [-0.39, 0.29) is 0 Å². The van der Waals surface area contributed by atoms with Crippen LogP contribution in [0.3, 0.4) is 0 Å². The average molecular weight is 143 g/mol. The van der Waals surface area contributed by atoms with E-state index in [0.717, 1.165) is 13.2 Å². The molecule has 0 aromatic heterocycles. The van der Waals surface area contributed by atoms with Crippen molar-refractivity contribution in [3.8, 4) is 0 Å². The van der Waals surface area contributed by atoms with Crippen LogP contribution in [0.25, 0.3) is 0 Å². The fourth-order valence-corrected chi connectivity index (χ4v) is 0.635. The predicted molar refractivity (Wildman–Crippen MR) is 43.7 cm³/mol. The minimum atomic E-state index is 0.827. The summed E-state index contributed by atoms with van der Waals surface area (Å²) in [5, 5.41) is 0. The van der Waals surface area contributed by atoms with Gasteiger partial charge in [-0.2, -0.15) is 0 Å². The summed E-state index contributed by atoms with van der Waals surface area (Å²) < 4.78 is 5.05. The molecule has 0 aromatic rings. The molecule has 0 aromatic carbocycles. The molecule has 0 bridgehead atoms. The monoisotopic (exact) mass is 143 g/mol. The molecule has 0 fully saturated rings.